The van der Waals surface area contributed by atoms with Crippen molar-refractivity contribution in [2.24, 2.45) is 0 Å². The summed E-state index contributed by atoms with van der Waals surface area (Å²) in [5.41, 5.74) is 2.58. The number of hydrogen-bond acceptors (Lipinski definition) is 5. The normalized spacial score (nSPS) is 10.1. The smallest absolute Gasteiger partial charge is 0.341 e. The molecule has 0 amide bonds. The van der Waals surface area contributed by atoms with E-state index in [-0.39, 0.29) is 5.97 Å². The van der Waals surface area contributed by atoms with Crippen molar-refractivity contribution < 1.29 is 14.3 Å². The number of methoxy groups -OCH3 is 1. The molecule has 1 heterocycles. The van der Waals surface area contributed by atoms with Crippen LogP contribution in [0, 0.1) is 6.92 Å². The number of hydrogen-bond donors (Lipinski definition) is 1. The number of esters is 1. The van der Waals surface area contributed by atoms with E-state index in [1.165, 1.54) is 0 Å². The molecule has 0 spiro atoms. The predicted molar refractivity (Wildman–Crippen MR) is 85.3 cm³/mol. The summed E-state index contributed by atoms with van der Waals surface area (Å²) in [7, 11) is 1.65. The van der Waals surface area contributed by atoms with Crippen molar-refractivity contribution in [1.82, 2.24) is 4.98 Å². The molecule has 0 aliphatic rings. The third-order valence-corrected chi connectivity index (χ3v) is 3.22. The Morgan fingerprint density at radius 1 is 1.32 bits per heavy atom. The molecule has 1 N–H and O–H groups in total. The topological polar surface area (TPSA) is 60.5 Å². The molecule has 0 radical (unpaired) electrons. The van der Waals surface area contributed by atoms with Gasteiger partial charge in [0.1, 0.15) is 17.1 Å². The predicted octanol–water partition coefficient (Wildman–Crippen LogP) is 3.19. The average molecular weight is 300 g/mol. The van der Waals surface area contributed by atoms with Gasteiger partial charge >= 0.3 is 5.97 Å². The van der Waals surface area contributed by atoms with Crippen LogP contribution in [0.3, 0.4) is 0 Å². The number of rotatable bonds is 6. The molecule has 2 aromatic rings. The van der Waals surface area contributed by atoms with Crippen molar-refractivity contribution in [3.63, 3.8) is 0 Å². The average Bonchev–Trinajstić information content (AvgIpc) is 2.53. The molecule has 5 heteroatoms. The summed E-state index contributed by atoms with van der Waals surface area (Å²) in [4.78, 5) is 16.1. The van der Waals surface area contributed by atoms with Crippen LogP contribution < -0.4 is 10.1 Å². The van der Waals surface area contributed by atoms with Gasteiger partial charge < -0.3 is 14.8 Å². The molecule has 0 aliphatic carbocycles. The zero-order valence-corrected chi connectivity index (χ0v) is 13.1. The van der Waals surface area contributed by atoms with Crippen molar-refractivity contribution in [2.45, 2.75) is 20.4 Å². The highest BCUT2D eigenvalue weighted by atomic mass is 16.5. The van der Waals surface area contributed by atoms with Gasteiger partial charge in [-0.2, -0.15) is 0 Å². The number of aromatic nitrogens is 1. The first kappa shape index (κ1) is 15.8. The second kappa shape index (κ2) is 7.45. The Morgan fingerprint density at radius 3 is 2.82 bits per heavy atom. The van der Waals surface area contributed by atoms with E-state index < -0.39 is 0 Å². The van der Waals surface area contributed by atoms with Gasteiger partial charge in [-0.15, -0.1) is 0 Å². The summed E-state index contributed by atoms with van der Waals surface area (Å²) in [6.45, 7) is 4.67. The fourth-order valence-corrected chi connectivity index (χ4v) is 2.16. The Balaban J connectivity index is 2.11. The lowest BCUT2D eigenvalue weighted by molar-refractivity contribution is 0.0527. The molecule has 0 saturated carbocycles. The zero-order valence-electron chi connectivity index (χ0n) is 13.1. The maximum absolute atomic E-state index is 11.9. The highest BCUT2D eigenvalue weighted by Gasteiger charge is 2.13. The summed E-state index contributed by atoms with van der Waals surface area (Å²) in [6, 6.07) is 9.36. The number of pyridine rings is 1. The molecule has 1 aromatic carbocycles. The molecular formula is C17H20N2O3. The number of anilines is 1. The Morgan fingerprint density at radius 2 is 2.14 bits per heavy atom. The molecule has 2 rings (SSSR count). The molecule has 5 nitrogen and oxygen atoms in total. The van der Waals surface area contributed by atoms with Gasteiger partial charge in [-0.3, -0.25) is 0 Å². The fraction of sp³-hybridized carbons (Fsp3) is 0.294. The molecule has 1 aromatic heterocycles. The Labute approximate surface area is 130 Å². The minimum absolute atomic E-state index is 0.338. The first-order chi connectivity index (χ1) is 10.7. The van der Waals surface area contributed by atoms with E-state index >= 15 is 0 Å². The molecule has 0 unspecified atom stereocenters. The highest BCUT2D eigenvalue weighted by Crippen LogP contribution is 2.20. The minimum atomic E-state index is -0.371. The molecule has 0 aliphatic heterocycles. The van der Waals surface area contributed by atoms with E-state index in [0.29, 0.717) is 24.5 Å². The van der Waals surface area contributed by atoms with Crippen LogP contribution in [0.2, 0.25) is 0 Å². The summed E-state index contributed by atoms with van der Waals surface area (Å²) < 4.78 is 10.3. The van der Waals surface area contributed by atoms with Crippen LogP contribution in [0.1, 0.15) is 28.4 Å². The highest BCUT2D eigenvalue weighted by molar-refractivity contribution is 5.94. The standard InChI is InChI=1S/C17H20N2O3/c1-4-22-17(20)14-6-5-9-18-16(14)19-11-13-7-8-15(21-3)12(2)10-13/h5-10H,4,11H2,1-3H3,(H,18,19). The Bertz CT molecular complexity index is 656. The second-order valence-corrected chi connectivity index (χ2v) is 4.78. The van der Waals surface area contributed by atoms with Gasteiger partial charge in [0.25, 0.3) is 0 Å². The first-order valence-electron chi connectivity index (χ1n) is 7.15. The van der Waals surface area contributed by atoms with Crippen molar-refractivity contribution in [2.75, 3.05) is 19.0 Å². The fourth-order valence-electron chi connectivity index (χ4n) is 2.16. The van der Waals surface area contributed by atoms with Crippen LogP contribution in [0.25, 0.3) is 0 Å². The van der Waals surface area contributed by atoms with Crippen molar-refractivity contribution in [3.05, 3.63) is 53.2 Å². The van der Waals surface area contributed by atoms with E-state index in [0.717, 1.165) is 16.9 Å². The molecule has 0 saturated heterocycles. The van der Waals surface area contributed by atoms with Crippen LogP contribution >= 0.6 is 0 Å². The summed E-state index contributed by atoms with van der Waals surface area (Å²) in [5, 5.41) is 3.18. The number of nitrogens with zero attached hydrogens (tertiary/aromatic N) is 1. The van der Waals surface area contributed by atoms with Crippen LogP contribution in [0.4, 0.5) is 5.82 Å². The van der Waals surface area contributed by atoms with Gasteiger partial charge in [-0.25, -0.2) is 9.78 Å². The van der Waals surface area contributed by atoms with Crippen molar-refractivity contribution in [1.29, 1.82) is 0 Å². The number of carbonyl (C=O) groups excluding carboxylic acids is 1. The first-order valence-corrected chi connectivity index (χ1v) is 7.15. The van der Waals surface area contributed by atoms with Gasteiger partial charge in [0, 0.05) is 12.7 Å². The van der Waals surface area contributed by atoms with Gasteiger partial charge in [-0.1, -0.05) is 12.1 Å². The van der Waals surface area contributed by atoms with Crippen molar-refractivity contribution in [3.8, 4) is 5.75 Å². The lowest BCUT2D eigenvalue weighted by Gasteiger charge is -2.11. The maximum atomic E-state index is 11.9. The van der Waals surface area contributed by atoms with Gasteiger partial charge in [-0.05, 0) is 43.2 Å². The Hall–Kier alpha value is -2.56. The van der Waals surface area contributed by atoms with E-state index in [9.17, 15) is 4.79 Å². The quantitative estimate of drug-likeness (QED) is 0.830. The van der Waals surface area contributed by atoms with Gasteiger partial charge in [0.2, 0.25) is 0 Å². The summed E-state index contributed by atoms with van der Waals surface area (Å²) >= 11 is 0. The lowest BCUT2D eigenvalue weighted by Crippen LogP contribution is -2.11. The van der Waals surface area contributed by atoms with Crippen molar-refractivity contribution >= 4 is 11.8 Å². The number of aryl methyl sites for hydroxylation is 1. The van der Waals surface area contributed by atoms with Crippen LogP contribution in [0.5, 0.6) is 5.75 Å². The SMILES string of the molecule is CCOC(=O)c1cccnc1NCc1ccc(OC)c(C)c1. The molecule has 22 heavy (non-hydrogen) atoms. The van der Waals surface area contributed by atoms with E-state index in [4.69, 9.17) is 9.47 Å². The molecule has 0 fully saturated rings. The van der Waals surface area contributed by atoms with Crippen LogP contribution in [0.15, 0.2) is 36.5 Å². The Kier molecular flexibility index (Phi) is 5.36. The minimum Gasteiger partial charge on any atom is -0.496 e. The molecular weight excluding hydrogens is 280 g/mol. The molecule has 116 valence electrons. The van der Waals surface area contributed by atoms with Crippen LogP contribution in [-0.2, 0) is 11.3 Å². The third-order valence-electron chi connectivity index (χ3n) is 3.22. The second-order valence-electron chi connectivity index (χ2n) is 4.78. The van der Waals surface area contributed by atoms with Crippen LogP contribution in [-0.4, -0.2) is 24.7 Å². The monoisotopic (exact) mass is 300 g/mol. The zero-order chi connectivity index (χ0) is 15.9. The van der Waals surface area contributed by atoms with E-state index in [2.05, 4.69) is 10.3 Å². The molecule has 0 atom stereocenters. The lowest BCUT2D eigenvalue weighted by atomic mass is 10.1. The summed E-state index contributed by atoms with van der Waals surface area (Å²) in [6.07, 6.45) is 1.64. The number of carbonyl (C=O) groups is 1. The number of nitrogens with one attached hydrogen (secondary N) is 1. The third kappa shape index (κ3) is 3.75. The van der Waals surface area contributed by atoms with E-state index in [1.54, 1.807) is 32.4 Å². The maximum Gasteiger partial charge on any atom is 0.341 e. The van der Waals surface area contributed by atoms with Gasteiger partial charge in [0.15, 0.2) is 0 Å². The number of benzene rings is 1. The largest absolute Gasteiger partial charge is 0.496 e. The van der Waals surface area contributed by atoms with E-state index in [1.807, 2.05) is 25.1 Å². The molecule has 0 bridgehead atoms. The summed E-state index contributed by atoms with van der Waals surface area (Å²) in [5.74, 6) is 1.01. The van der Waals surface area contributed by atoms with Gasteiger partial charge in [0.05, 0.1) is 13.7 Å². The number of ether oxygens (including phenoxy) is 2.